The molecule has 0 saturated heterocycles. The number of aryl methyl sites for hydroxylation is 1. The van der Waals surface area contributed by atoms with Crippen LogP contribution in [0.2, 0.25) is 5.02 Å². The lowest BCUT2D eigenvalue weighted by molar-refractivity contribution is 0.915. The van der Waals surface area contributed by atoms with E-state index in [1.807, 2.05) is 22.7 Å². The first-order valence-electron chi connectivity index (χ1n) is 4.61. The van der Waals surface area contributed by atoms with Crippen LogP contribution in [0.4, 0.5) is 0 Å². The minimum atomic E-state index is 0.463. The Morgan fingerprint density at radius 3 is 2.93 bits per heavy atom. The molecule has 0 aliphatic carbocycles. The molecule has 0 aliphatic rings. The van der Waals surface area contributed by atoms with Gasteiger partial charge in [0, 0.05) is 19.2 Å². The first-order chi connectivity index (χ1) is 6.76. The first-order valence-corrected chi connectivity index (χ1v) is 4.99. The molecule has 2 aromatic heterocycles. The average Bonchev–Trinajstić information content (AvgIpc) is 2.55. The Labute approximate surface area is 87.5 Å². The highest BCUT2D eigenvalue weighted by Crippen LogP contribution is 2.17. The van der Waals surface area contributed by atoms with Gasteiger partial charge in [0.2, 0.25) is 0 Å². The molecule has 0 aliphatic heterocycles. The van der Waals surface area contributed by atoms with Gasteiger partial charge in [-0.1, -0.05) is 18.5 Å². The second-order valence-corrected chi connectivity index (χ2v) is 3.57. The third-order valence-electron chi connectivity index (χ3n) is 2.26. The van der Waals surface area contributed by atoms with Crippen molar-refractivity contribution in [2.24, 2.45) is 5.73 Å². The van der Waals surface area contributed by atoms with E-state index in [0.717, 1.165) is 23.5 Å². The molecular formula is C10H12ClN3. The molecule has 0 radical (unpaired) electrons. The van der Waals surface area contributed by atoms with Crippen LogP contribution in [0.1, 0.15) is 18.4 Å². The zero-order valence-corrected chi connectivity index (χ0v) is 8.75. The summed E-state index contributed by atoms with van der Waals surface area (Å²) in [6.45, 7) is 2.53. The first kappa shape index (κ1) is 9.49. The van der Waals surface area contributed by atoms with Crippen molar-refractivity contribution >= 4 is 17.1 Å². The summed E-state index contributed by atoms with van der Waals surface area (Å²) in [5.74, 6) is 1.00. The maximum Gasteiger partial charge on any atom is 0.113 e. The van der Waals surface area contributed by atoms with Gasteiger partial charge in [0.1, 0.15) is 5.82 Å². The van der Waals surface area contributed by atoms with Gasteiger partial charge in [-0.3, -0.25) is 0 Å². The highest BCUT2D eigenvalue weighted by atomic mass is 35.5. The van der Waals surface area contributed by atoms with Crippen molar-refractivity contribution in [1.29, 1.82) is 0 Å². The quantitative estimate of drug-likeness (QED) is 0.823. The summed E-state index contributed by atoms with van der Waals surface area (Å²) >= 11 is 5.92. The maximum atomic E-state index is 5.92. The van der Waals surface area contributed by atoms with Gasteiger partial charge in [-0.15, -0.1) is 0 Å². The molecule has 2 N–H and O–H groups in total. The van der Waals surface area contributed by atoms with Gasteiger partial charge >= 0.3 is 0 Å². The second kappa shape index (κ2) is 3.59. The van der Waals surface area contributed by atoms with Crippen LogP contribution >= 0.6 is 11.6 Å². The van der Waals surface area contributed by atoms with Crippen molar-refractivity contribution in [1.82, 2.24) is 9.38 Å². The SMILES string of the molecule is CCc1nc(CN)c2ccc(Cl)cn12. The molecule has 74 valence electrons. The number of imidazole rings is 1. The monoisotopic (exact) mass is 209 g/mol. The molecule has 0 bridgehead atoms. The largest absolute Gasteiger partial charge is 0.325 e. The van der Waals surface area contributed by atoms with E-state index in [1.165, 1.54) is 0 Å². The van der Waals surface area contributed by atoms with E-state index in [4.69, 9.17) is 17.3 Å². The van der Waals surface area contributed by atoms with Crippen molar-refractivity contribution < 1.29 is 0 Å². The van der Waals surface area contributed by atoms with Crippen molar-refractivity contribution in [3.05, 3.63) is 34.9 Å². The van der Waals surface area contributed by atoms with Gasteiger partial charge in [0.25, 0.3) is 0 Å². The van der Waals surface area contributed by atoms with Crippen LogP contribution in [0.5, 0.6) is 0 Å². The molecule has 0 atom stereocenters. The smallest absolute Gasteiger partial charge is 0.113 e. The van der Waals surface area contributed by atoms with E-state index in [9.17, 15) is 0 Å². The minimum absolute atomic E-state index is 0.463. The van der Waals surface area contributed by atoms with Crippen LogP contribution in [0.15, 0.2) is 18.3 Å². The number of hydrogen-bond donors (Lipinski definition) is 1. The van der Waals surface area contributed by atoms with Gasteiger partial charge in [-0.05, 0) is 12.1 Å². The minimum Gasteiger partial charge on any atom is -0.325 e. The summed E-state index contributed by atoms with van der Waals surface area (Å²) in [5.41, 5.74) is 7.59. The molecule has 0 spiro atoms. The predicted molar refractivity (Wildman–Crippen MR) is 57.5 cm³/mol. The number of nitrogens with zero attached hydrogens (tertiary/aromatic N) is 2. The van der Waals surface area contributed by atoms with Gasteiger partial charge in [-0.2, -0.15) is 0 Å². The van der Waals surface area contributed by atoms with Crippen LogP contribution < -0.4 is 5.73 Å². The predicted octanol–water partition coefficient (Wildman–Crippen LogP) is 2.01. The number of halogens is 1. The van der Waals surface area contributed by atoms with E-state index in [1.54, 1.807) is 0 Å². The lowest BCUT2D eigenvalue weighted by atomic mass is 10.3. The van der Waals surface area contributed by atoms with E-state index >= 15 is 0 Å². The molecule has 0 fully saturated rings. The Morgan fingerprint density at radius 2 is 2.29 bits per heavy atom. The summed E-state index contributed by atoms with van der Waals surface area (Å²) in [6.07, 6.45) is 2.75. The number of pyridine rings is 1. The second-order valence-electron chi connectivity index (χ2n) is 3.13. The number of nitrogens with two attached hydrogens (primary N) is 1. The molecule has 2 rings (SSSR count). The molecule has 4 heteroatoms. The van der Waals surface area contributed by atoms with E-state index in [-0.39, 0.29) is 0 Å². The van der Waals surface area contributed by atoms with Crippen LogP contribution in [0.25, 0.3) is 5.52 Å². The Bertz CT molecular complexity index is 462. The number of hydrogen-bond acceptors (Lipinski definition) is 2. The average molecular weight is 210 g/mol. The number of rotatable bonds is 2. The Hall–Kier alpha value is -1.06. The highest BCUT2D eigenvalue weighted by molar-refractivity contribution is 6.30. The fraction of sp³-hybridized carbons (Fsp3) is 0.300. The Morgan fingerprint density at radius 1 is 1.50 bits per heavy atom. The Kier molecular flexibility index (Phi) is 2.44. The zero-order valence-electron chi connectivity index (χ0n) is 8.00. The lowest BCUT2D eigenvalue weighted by Gasteiger charge is -1.98. The van der Waals surface area contributed by atoms with Crippen molar-refractivity contribution in [3.8, 4) is 0 Å². The van der Waals surface area contributed by atoms with Crippen LogP contribution in [-0.2, 0) is 13.0 Å². The fourth-order valence-electron chi connectivity index (χ4n) is 1.59. The molecule has 3 nitrogen and oxygen atoms in total. The fourth-order valence-corrected chi connectivity index (χ4v) is 1.75. The third-order valence-corrected chi connectivity index (χ3v) is 2.48. The van der Waals surface area contributed by atoms with Crippen LogP contribution in [0.3, 0.4) is 0 Å². The summed E-state index contributed by atoms with van der Waals surface area (Å²) in [6, 6.07) is 3.81. The van der Waals surface area contributed by atoms with Crippen molar-refractivity contribution in [3.63, 3.8) is 0 Å². The van der Waals surface area contributed by atoms with E-state index < -0.39 is 0 Å². The highest BCUT2D eigenvalue weighted by Gasteiger charge is 2.07. The van der Waals surface area contributed by atoms with E-state index in [2.05, 4.69) is 11.9 Å². The molecule has 2 heterocycles. The summed E-state index contributed by atoms with van der Waals surface area (Å²) < 4.78 is 2.00. The van der Waals surface area contributed by atoms with Crippen LogP contribution in [0, 0.1) is 0 Å². The zero-order chi connectivity index (χ0) is 10.1. The summed E-state index contributed by atoms with van der Waals surface area (Å²) in [5, 5.41) is 0.716. The van der Waals surface area contributed by atoms with Gasteiger partial charge in [0.05, 0.1) is 16.2 Å². The summed E-state index contributed by atoms with van der Waals surface area (Å²) in [7, 11) is 0. The van der Waals surface area contributed by atoms with Crippen molar-refractivity contribution in [2.75, 3.05) is 0 Å². The third kappa shape index (κ3) is 1.38. The lowest BCUT2D eigenvalue weighted by Crippen LogP contribution is -1.96. The number of aromatic nitrogens is 2. The Balaban J connectivity index is 2.75. The molecule has 0 aromatic carbocycles. The molecule has 2 aromatic rings. The standard InChI is InChI=1S/C10H12ClN3/c1-2-10-13-8(5-12)9-4-3-7(11)6-14(9)10/h3-4,6H,2,5,12H2,1H3. The number of fused-ring (bicyclic) bond motifs is 1. The molecular weight excluding hydrogens is 198 g/mol. The molecule has 14 heavy (non-hydrogen) atoms. The van der Waals surface area contributed by atoms with E-state index in [0.29, 0.717) is 11.6 Å². The van der Waals surface area contributed by atoms with Gasteiger partial charge in [-0.25, -0.2) is 4.98 Å². The van der Waals surface area contributed by atoms with Gasteiger partial charge in [0.15, 0.2) is 0 Å². The molecule has 0 unspecified atom stereocenters. The molecule has 0 saturated carbocycles. The van der Waals surface area contributed by atoms with Crippen LogP contribution in [-0.4, -0.2) is 9.38 Å². The molecule has 0 amide bonds. The van der Waals surface area contributed by atoms with Gasteiger partial charge < -0.3 is 10.1 Å². The normalized spacial score (nSPS) is 11.1. The summed E-state index contributed by atoms with van der Waals surface area (Å²) in [4.78, 5) is 4.45. The maximum absolute atomic E-state index is 5.92. The van der Waals surface area contributed by atoms with Crippen molar-refractivity contribution in [2.45, 2.75) is 19.9 Å². The topological polar surface area (TPSA) is 43.3 Å².